The first-order valence-electron chi connectivity index (χ1n) is 6.35. The predicted octanol–water partition coefficient (Wildman–Crippen LogP) is 2.84. The summed E-state index contributed by atoms with van der Waals surface area (Å²) in [7, 11) is 0. The number of hydrogen-bond acceptors (Lipinski definition) is 2. The van der Waals surface area contributed by atoms with E-state index in [0.717, 1.165) is 18.2 Å². The van der Waals surface area contributed by atoms with Gasteiger partial charge in [-0.05, 0) is 49.1 Å². The Morgan fingerprint density at radius 1 is 1.44 bits per heavy atom. The molecule has 86 valence electrons. The van der Waals surface area contributed by atoms with E-state index in [0.29, 0.717) is 0 Å². The van der Waals surface area contributed by atoms with Crippen LogP contribution in [0.4, 0.5) is 5.82 Å². The molecule has 1 aromatic heterocycles. The predicted molar refractivity (Wildman–Crippen MR) is 66.4 cm³/mol. The number of nitrogens with zero attached hydrogens (tertiary/aromatic N) is 1. The van der Waals surface area contributed by atoms with E-state index in [1.807, 2.05) is 0 Å². The molecular weight excluding hydrogens is 196 g/mol. The summed E-state index contributed by atoms with van der Waals surface area (Å²) in [6.07, 6.45) is 6.28. The molecule has 16 heavy (non-hydrogen) atoms. The van der Waals surface area contributed by atoms with E-state index in [-0.39, 0.29) is 5.41 Å². The highest BCUT2D eigenvalue weighted by atomic mass is 14.9. The SMILES string of the molecule is CC1(C)CCc2cc(CC3CC3)c(N)nc21. The summed E-state index contributed by atoms with van der Waals surface area (Å²) >= 11 is 0. The summed E-state index contributed by atoms with van der Waals surface area (Å²) in [4.78, 5) is 4.67. The zero-order valence-electron chi connectivity index (χ0n) is 10.2. The van der Waals surface area contributed by atoms with Crippen molar-refractivity contribution in [2.24, 2.45) is 5.92 Å². The van der Waals surface area contributed by atoms with Crippen molar-refractivity contribution >= 4 is 5.82 Å². The monoisotopic (exact) mass is 216 g/mol. The maximum atomic E-state index is 6.08. The van der Waals surface area contributed by atoms with Gasteiger partial charge >= 0.3 is 0 Å². The first kappa shape index (κ1) is 10.1. The molecule has 0 aliphatic heterocycles. The minimum Gasteiger partial charge on any atom is -0.383 e. The molecule has 2 N–H and O–H groups in total. The van der Waals surface area contributed by atoms with Crippen LogP contribution in [-0.2, 0) is 18.3 Å². The molecule has 2 aliphatic rings. The average molecular weight is 216 g/mol. The topological polar surface area (TPSA) is 38.9 Å². The van der Waals surface area contributed by atoms with Gasteiger partial charge in [-0.25, -0.2) is 4.98 Å². The summed E-state index contributed by atoms with van der Waals surface area (Å²) in [5, 5.41) is 0. The summed E-state index contributed by atoms with van der Waals surface area (Å²) in [6, 6.07) is 2.32. The van der Waals surface area contributed by atoms with E-state index in [9.17, 15) is 0 Å². The van der Waals surface area contributed by atoms with Crippen molar-refractivity contribution in [3.05, 3.63) is 22.9 Å². The minimum atomic E-state index is 0.224. The number of hydrogen-bond donors (Lipinski definition) is 1. The Balaban J connectivity index is 1.98. The van der Waals surface area contributed by atoms with E-state index in [1.54, 1.807) is 0 Å². The quantitative estimate of drug-likeness (QED) is 0.825. The molecular formula is C14H20N2. The lowest BCUT2D eigenvalue weighted by Crippen LogP contribution is -2.15. The largest absolute Gasteiger partial charge is 0.383 e. The highest BCUT2D eigenvalue weighted by Gasteiger charge is 2.32. The van der Waals surface area contributed by atoms with Crippen LogP contribution in [0.25, 0.3) is 0 Å². The van der Waals surface area contributed by atoms with Gasteiger partial charge in [-0.15, -0.1) is 0 Å². The van der Waals surface area contributed by atoms with Crippen molar-refractivity contribution in [1.29, 1.82) is 0 Å². The third kappa shape index (κ3) is 1.60. The highest BCUT2D eigenvalue weighted by molar-refractivity contribution is 5.47. The Labute approximate surface area is 97.3 Å². The van der Waals surface area contributed by atoms with Gasteiger partial charge in [0.25, 0.3) is 0 Å². The Kier molecular flexibility index (Phi) is 2.04. The number of anilines is 1. The van der Waals surface area contributed by atoms with E-state index >= 15 is 0 Å². The van der Waals surface area contributed by atoms with E-state index in [4.69, 9.17) is 5.73 Å². The first-order valence-corrected chi connectivity index (χ1v) is 6.35. The van der Waals surface area contributed by atoms with Crippen LogP contribution < -0.4 is 5.73 Å². The number of aryl methyl sites for hydroxylation is 1. The fourth-order valence-corrected chi connectivity index (χ4v) is 2.76. The molecule has 2 nitrogen and oxygen atoms in total. The zero-order chi connectivity index (χ0) is 11.3. The molecule has 0 saturated heterocycles. The van der Waals surface area contributed by atoms with Crippen LogP contribution in [0.3, 0.4) is 0 Å². The Bertz CT molecular complexity index is 431. The molecule has 0 amide bonds. The maximum Gasteiger partial charge on any atom is 0.126 e. The van der Waals surface area contributed by atoms with Crippen molar-refractivity contribution in [1.82, 2.24) is 4.98 Å². The number of pyridine rings is 1. The standard InChI is InChI=1S/C14H20N2/c1-14(2)6-5-10-8-11(7-9-3-4-9)13(15)16-12(10)14/h8-9H,3-7H2,1-2H3,(H2,15,16). The molecule has 0 radical (unpaired) electrons. The van der Waals surface area contributed by atoms with Crippen LogP contribution in [0, 0.1) is 5.92 Å². The van der Waals surface area contributed by atoms with E-state index in [2.05, 4.69) is 24.9 Å². The van der Waals surface area contributed by atoms with E-state index < -0.39 is 0 Å². The second-order valence-corrected chi connectivity index (χ2v) is 6.07. The van der Waals surface area contributed by atoms with Crippen LogP contribution >= 0.6 is 0 Å². The lowest BCUT2D eigenvalue weighted by atomic mass is 9.90. The Morgan fingerprint density at radius 3 is 2.88 bits per heavy atom. The van der Waals surface area contributed by atoms with Gasteiger partial charge in [0.05, 0.1) is 5.69 Å². The molecule has 0 spiro atoms. The molecule has 1 heterocycles. The molecule has 0 unspecified atom stereocenters. The molecule has 2 aliphatic carbocycles. The summed E-state index contributed by atoms with van der Waals surface area (Å²) < 4.78 is 0. The number of aromatic nitrogens is 1. The summed E-state index contributed by atoms with van der Waals surface area (Å²) in [5.41, 5.74) is 10.3. The molecule has 1 aromatic rings. The van der Waals surface area contributed by atoms with Crippen LogP contribution in [-0.4, -0.2) is 4.98 Å². The van der Waals surface area contributed by atoms with Gasteiger partial charge in [0.15, 0.2) is 0 Å². The zero-order valence-corrected chi connectivity index (χ0v) is 10.2. The fraction of sp³-hybridized carbons (Fsp3) is 0.643. The summed E-state index contributed by atoms with van der Waals surface area (Å²) in [6.45, 7) is 4.54. The van der Waals surface area contributed by atoms with Gasteiger partial charge in [-0.1, -0.05) is 19.9 Å². The lowest BCUT2D eigenvalue weighted by molar-refractivity contribution is 0.510. The van der Waals surface area contributed by atoms with Crippen molar-refractivity contribution in [3.8, 4) is 0 Å². The fourth-order valence-electron chi connectivity index (χ4n) is 2.76. The first-order chi connectivity index (χ1) is 7.56. The average Bonchev–Trinajstić information content (AvgIpc) is 2.97. The van der Waals surface area contributed by atoms with E-state index in [1.165, 1.54) is 42.5 Å². The second-order valence-electron chi connectivity index (χ2n) is 6.07. The van der Waals surface area contributed by atoms with Crippen molar-refractivity contribution in [3.63, 3.8) is 0 Å². The van der Waals surface area contributed by atoms with Crippen LogP contribution in [0.1, 0.15) is 49.9 Å². The van der Waals surface area contributed by atoms with Crippen LogP contribution in [0.15, 0.2) is 6.07 Å². The van der Waals surface area contributed by atoms with Crippen molar-refractivity contribution < 1.29 is 0 Å². The molecule has 1 saturated carbocycles. The Hall–Kier alpha value is -1.05. The highest BCUT2D eigenvalue weighted by Crippen LogP contribution is 2.40. The molecule has 1 fully saturated rings. The van der Waals surface area contributed by atoms with Crippen molar-refractivity contribution in [2.45, 2.75) is 51.4 Å². The third-order valence-electron chi connectivity index (χ3n) is 4.08. The number of nitrogens with two attached hydrogens (primary N) is 1. The van der Waals surface area contributed by atoms with Crippen LogP contribution in [0.5, 0.6) is 0 Å². The van der Waals surface area contributed by atoms with Gasteiger partial charge in [0, 0.05) is 5.41 Å². The number of nitrogen functional groups attached to an aromatic ring is 1. The smallest absolute Gasteiger partial charge is 0.126 e. The van der Waals surface area contributed by atoms with Crippen molar-refractivity contribution in [2.75, 3.05) is 5.73 Å². The van der Waals surface area contributed by atoms with Gasteiger partial charge in [0.1, 0.15) is 5.82 Å². The number of fused-ring (bicyclic) bond motifs is 1. The molecule has 0 atom stereocenters. The summed E-state index contributed by atoms with van der Waals surface area (Å²) in [5.74, 6) is 1.66. The van der Waals surface area contributed by atoms with Gasteiger partial charge in [-0.3, -0.25) is 0 Å². The second kappa shape index (κ2) is 3.22. The third-order valence-corrected chi connectivity index (χ3v) is 4.08. The lowest BCUT2D eigenvalue weighted by Gasteiger charge is -2.18. The minimum absolute atomic E-state index is 0.224. The molecule has 3 rings (SSSR count). The Morgan fingerprint density at radius 2 is 2.19 bits per heavy atom. The van der Waals surface area contributed by atoms with Gasteiger partial charge in [-0.2, -0.15) is 0 Å². The maximum absolute atomic E-state index is 6.08. The van der Waals surface area contributed by atoms with Crippen LogP contribution in [0.2, 0.25) is 0 Å². The molecule has 2 heteroatoms. The van der Waals surface area contributed by atoms with Gasteiger partial charge in [0.2, 0.25) is 0 Å². The molecule has 0 bridgehead atoms. The normalized spacial score (nSPS) is 22.1. The number of rotatable bonds is 2. The van der Waals surface area contributed by atoms with Gasteiger partial charge < -0.3 is 5.73 Å². The molecule has 0 aromatic carbocycles.